The van der Waals surface area contributed by atoms with Crippen LogP contribution in [0.3, 0.4) is 0 Å². The summed E-state index contributed by atoms with van der Waals surface area (Å²) in [6.45, 7) is 3.96. The second-order valence-corrected chi connectivity index (χ2v) is 3.96. The standard InChI is InChI=1S/C12H16O4/c1-7(2)8-4-9(6-11(14)15)12(16-3)10(13)5-8/h4-5,7,13H,6H2,1-3H3,(H,14,15). The summed E-state index contributed by atoms with van der Waals surface area (Å²) in [4.78, 5) is 10.7. The van der Waals surface area contributed by atoms with Crippen molar-refractivity contribution in [1.82, 2.24) is 0 Å². The second kappa shape index (κ2) is 4.88. The van der Waals surface area contributed by atoms with Crippen molar-refractivity contribution >= 4 is 5.97 Å². The Balaban J connectivity index is 3.24. The number of hydrogen-bond donors (Lipinski definition) is 2. The molecule has 1 aromatic carbocycles. The predicted molar refractivity (Wildman–Crippen MR) is 60.1 cm³/mol. The molecule has 0 fully saturated rings. The molecule has 0 atom stereocenters. The molecule has 0 bridgehead atoms. The average molecular weight is 224 g/mol. The number of carbonyl (C=O) groups is 1. The molecule has 4 nitrogen and oxygen atoms in total. The number of aliphatic carboxylic acids is 1. The van der Waals surface area contributed by atoms with Crippen LogP contribution in [-0.4, -0.2) is 23.3 Å². The van der Waals surface area contributed by atoms with E-state index in [-0.39, 0.29) is 23.8 Å². The molecule has 0 heterocycles. The van der Waals surface area contributed by atoms with Crippen LogP contribution >= 0.6 is 0 Å². The number of methoxy groups -OCH3 is 1. The smallest absolute Gasteiger partial charge is 0.307 e. The summed E-state index contributed by atoms with van der Waals surface area (Å²) in [6, 6.07) is 3.37. The van der Waals surface area contributed by atoms with Gasteiger partial charge in [0.05, 0.1) is 13.5 Å². The number of rotatable bonds is 4. The molecule has 4 heteroatoms. The first-order chi connectivity index (χ1) is 7.45. The number of ether oxygens (including phenoxy) is 1. The molecule has 0 unspecified atom stereocenters. The SMILES string of the molecule is COc1c(O)cc(C(C)C)cc1CC(=O)O. The largest absolute Gasteiger partial charge is 0.504 e. The van der Waals surface area contributed by atoms with Gasteiger partial charge in [0.25, 0.3) is 0 Å². The number of phenols is 1. The first kappa shape index (κ1) is 12.4. The van der Waals surface area contributed by atoms with Gasteiger partial charge in [-0.15, -0.1) is 0 Å². The Hall–Kier alpha value is -1.71. The zero-order valence-corrected chi connectivity index (χ0v) is 9.65. The Kier molecular flexibility index (Phi) is 3.77. The third-order valence-corrected chi connectivity index (χ3v) is 2.38. The number of hydrogen-bond acceptors (Lipinski definition) is 3. The van der Waals surface area contributed by atoms with Crippen molar-refractivity contribution in [2.24, 2.45) is 0 Å². The molecule has 16 heavy (non-hydrogen) atoms. The molecule has 2 N–H and O–H groups in total. The highest BCUT2D eigenvalue weighted by Crippen LogP contribution is 2.34. The van der Waals surface area contributed by atoms with Crippen LogP contribution in [0, 0.1) is 0 Å². The fraction of sp³-hybridized carbons (Fsp3) is 0.417. The van der Waals surface area contributed by atoms with Crippen molar-refractivity contribution in [3.63, 3.8) is 0 Å². The van der Waals surface area contributed by atoms with Crippen molar-refractivity contribution in [1.29, 1.82) is 0 Å². The second-order valence-electron chi connectivity index (χ2n) is 3.96. The van der Waals surface area contributed by atoms with E-state index in [1.165, 1.54) is 7.11 Å². The minimum Gasteiger partial charge on any atom is -0.504 e. The lowest BCUT2D eigenvalue weighted by Crippen LogP contribution is -2.04. The van der Waals surface area contributed by atoms with Crippen LogP contribution in [0.1, 0.15) is 30.9 Å². The van der Waals surface area contributed by atoms with Crippen LogP contribution in [0.15, 0.2) is 12.1 Å². The summed E-state index contributed by atoms with van der Waals surface area (Å²) in [5.41, 5.74) is 1.40. The molecule has 0 saturated heterocycles. The lowest BCUT2D eigenvalue weighted by Gasteiger charge is -2.13. The van der Waals surface area contributed by atoms with Crippen molar-refractivity contribution in [3.8, 4) is 11.5 Å². The van der Waals surface area contributed by atoms with Gasteiger partial charge in [-0.3, -0.25) is 4.79 Å². The van der Waals surface area contributed by atoms with Gasteiger partial charge in [-0.05, 0) is 17.5 Å². The molecule has 88 valence electrons. The highest BCUT2D eigenvalue weighted by Gasteiger charge is 2.14. The molecule has 0 aliphatic carbocycles. The van der Waals surface area contributed by atoms with Crippen LogP contribution in [0.4, 0.5) is 0 Å². The molecule has 1 aromatic rings. The molecule has 0 spiro atoms. The Labute approximate surface area is 94.5 Å². The van der Waals surface area contributed by atoms with Crippen molar-refractivity contribution in [2.45, 2.75) is 26.2 Å². The van der Waals surface area contributed by atoms with Gasteiger partial charge in [0.1, 0.15) is 0 Å². The van der Waals surface area contributed by atoms with Crippen LogP contribution in [-0.2, 0) is 11.2 Å². The fourth-order valence-corrected chi connectivity index (χ4v) is 1.56. The molecule has 0 saturated carbocycles. The quantitative estimate of drug-likeness (QED) is 0.822. The van der Waals surface area contributed by atoms with Gasteiger partial charge in [-0.2, -0.15) is 0 Å². The van der Waals surface area contributed by atoms with Gasteiger partial charge in [0.2, 0.25) is 0 Å². The maximum absolute atomic E-state index is 10.7. The highest BCUT2D eigenvalue weighted by molar-refractivity contribution is 5.72. The van der Waals surface area contributed by atoms with Crippen LogP contribution in [0.5, 0.6) is 11.5 Å². The van der Waals surface area contributed by atoms with E-state index in [0.717, 1.165) is 5.56 Å². The Bertz CT molecular complexity index is 396. The zero-order valence-electron chi connectivity index (χ0n) is 9.65. The summed E-state index contributed by atoms with van der Waals surface area (Å²) in [5, 5.41) is 18.5. The van der Waals surface area contributed by atoms with E-state index in [1.807, 2.05) is 13.8 Å². The van der Waals surface area contributed by atoms with Gasteiger partial charge in [-0.25, -0.2) is 0 Å². The number of carboxylic acid groups (broad SMARTS) is 1. The number of phenolic OH excluding ortho intramolecular Hbond substituents is 1. The first-order valence-corrected chi connectivity index (χ1v) is 5.07. The van der Waals surface area contributed by atoms with Crippen LogP contribution in [0.25, 0.3) is 0 Å². The summed E-state index contributed by atoms with van der Waals surface area (Å²) < 4.78 is 5.00. The van der Waals surface area contributed by atoms with E-state index in [1.54, 1.807) is 12.1 Å². The molecule has 0 radical (unpaired) electrons. The lowest BCUT2D eigenvalue weighted by atomic mass is 9.98. The fourth-order valence-electron chi connectivity index (χ4n) is 1.56. The average Bonchev–Trinajstić information content (AvgIpc) is 2.16. The topological polar surface area (TPSA) is 66.8 Å². The van der Waals surface area contributed by atoms with E-state index in [2.05, 4.69) is 0 Å². The van der Waals surface area contributed by atoms with Crippen molar-refractivity contribution < 1.29 is 19.7 Å². The third kappa shape index (κ3) is 2.66. The Morgan fingerprint density at radius 1 is 1.44 bits per heavy atom. The third-order valence-electron chi connectivity index (χ3n) is 2.38. The van der Waals surface area contributed by atoms with Gasteiger partial charge in [0.15, 0.2) is 11.5 Å². The summed E-state index contributed by atoms with van der Waals surface area (Å²) in [7, 11) is 1.41. The van der Waals surface area contributed by atoms with Gasteiger partial charge in [-0.1, -0.05) is 19.9 Å². The summed E-state index contributed by atoms with van der Waals surface area (Å²) in [5.74, 6) is -0.486. The summed E-state index contributed by atoms with van der Waals surface area (Å²) in [6.07, 6.45) is -0.155. The molecule has 0 aromatic heterocycles. The van der Waals surface area contributed by atoms with Crippen LogP contribution < -0.4 is 4.74 Å². The van der Waals surface area contributed by atoms with E-state index in [9.17, 15) is 9.90 Å². The van der Waals surface area contributed by atoms with Gasteiger partial charge >= 0.3 is 5.97 Å². The zero-order chi connectivity index (χ0) is 12.3. The normalized spacial score (nSPS) is 10.5. The summed E-state index contributed by atoms with van der Waals surface area (Å²) >= 11 is 0. The molecular weight excluding hydrogens is 208 g/mol. The minimum absolute atomic E-state index is 0.00931. The van der Waals surface area contributed by atoms with E-state index < -0.39 is 5.97 Å². The number of carboxylic acids is 1. The Morgan fingerprint density at radius 3 is 2.50 bits per heavy atom. The monoisotopic (exact) mass is 224 g/mol. The highest BCUT2D eigenvalue weighted by atomic mass is 16.5. The molecule has 0 amide bonds. The lowest BCUT2D eigenvalue weighted by molar-refractivity contribution is -0.136. The van der Waals surface area contributed by atoms with E-state index in [0.29, 0.717) is 5.56 Å². The van der Waals surface area contributed by atoms with E-state index in [4.69, 9.17) is 9.84 Å². The Morgan fingerprint density at radius 2 is 2.06 bits per heavy atom. The molecule has 0 aliphatic heterocycles. The maximum atomic E-state index is 10.7. The number of benzene rings is 1. The predicted octanol–water partition coefficient (Wildman–Crippen LogP) is 2.15. The minimum atomic E-state index is -0.946. The van der Waals surface area contributed by atoms with Crippen LogP contribution in [0.2, 0.25) is 0 Å². The maximum Gasteiger partial charge on any atom is 0.307 e. The number of aromatic hydroxyl groups is 1. The van der Waals surface area contributed by atoms with Gasteiger partial charge < -0.3 is 14.9 Å². The van der Waals surface area contributed by atoms with Crippen molar-refractivity contribution in [2.75, 3.05) is 7.11 Å². The molecule has 1 rings (SSSR count). The first-order valence-electron chi connectivity index (χ1n) is 5.07. The van der Waals surface area contributed by atoms with Gasteiger partial charge in [0, 0.05) is 5.56 Å². The molecule has 0 aliphatic rings. The van der Waals surface area contributed by atoms with Crippen molar-refractivity contribution in [3.05, 3.63) is 23.3 Å². The molecular formula is C12H16O4. The van der Waals surface area contributed by atoms with E-state index >= 15 is 0 Å².